The van der Waals surface area contributed by atoms with Crippen LogP contribution in [0.4, 0.5) is 0 Å². The Morgan fingerprint density at radius 2 is 1.25 bits per heavy atom. The number of hydrogen-bond acceptors (Lipinski definition) is 4. The van der Waals surface area contributed by atoms with Crippen molar-refractivity contribution in [3.8, 4) is 0 Å². The van der Waals surface area contributed by atoms with E-state index in [2.05, 4.69) is 65.3 Å². The van der Waals surface area contributed by atoms with E-state index in [1.807, 2.05) is 36.4 Å². The van der Waals surface area contributed by atoms with Crippen molar-refractivity contribution in [2.24, 2.45) is 0 Å². The molecule has 36 heavy (non-hydrogen) atoms. The Morgan fingerprint density at radius 1 is 0.667 bits per heavy atom. The summed E-state index contributed by atoms with van der Waals surface area (Å²) in [5.74, 6) is 0. The molecule has 0 N–H and O–H groups in total. The van der Waals surface area contributed by atoms with Crippen LogP contribution in [0.1, 0.15) is 35.0 Å². The van der Waals surface area contributed by atoms with Gasteiger partial charge in [0.2, 0.25) is 0 Å². The summed E-state index contributed by atoms with van der Waals surface area (Å²) < 4.78 is 12.4. The van der Waals surface area contributed by atoms with Crippen LogP contribution < -0.4 is 0 Å². The van der Waals surface area contributed by atoms with Gasteiger partial charge < -0.3 is 14.4 Å². The van der Waals surface area contributed by atoms with Gasteiger partial charge in [-0.1, -0.05) is 90.5 Å². The lowest BCUT2D eigenvalue weighted by molar-refractivity contribution is -0.157. The van der Waals surface area contributed by atoms with Gasteiger partial charge in [0.25, 0.3) is 0 Å². The Bertz CT molecular complexity index is 950. The van der Waals surface area contributed by atoms with E-state index >= 15 is 0 Å². The highest BCUT2D eigenvalue weighted by molar-refractivity contribution is 5.85. The molecule has 3 aromatic rings. The molecular formula is C30H40Cl2N2O2. The Balaban J connectivity index is 0.00000228. The van der Waals surface area contributed by atoms with Gasteiger partial charge in [0.1, 0.15) is 0 Å². The summed E-state index contributed by atoms with van der Waals surface area (Å²) in [7, 11) is 0. The van der Waals surface area contributed by atoms with Crippen molar-refractivity contribution in [1.82, 2.24) is 9.80 Å². The number of rotatable bonds is 12. The molecule has 1 saturated heterocycles. The summed E-state index contributed by atoms with van der Waals surface area (Å²) in [5.41, 5.74) is 5.01. The third-order valence-electron chi connectivity index (χ3n) is 6.52. The number of hydrogen-bond donors (Lipinski definition) is 0. The van der Waals surface area contributed by atoms with E-state index in [1.165, 1.54) is 24.1 Å². The molecule has 0 bridgehead atoms. The summed E-state index contributed by atoms with van der Waals surface area (Å²) in [6.45, 7) is 9.97. The summed E-state index contributed by atoms with van der Waals surface area (Å²) in [6, 6.07) is 29.5. The van der Waals surface area contributed by atoms with Gasteiger partial charge in [-0.05, 0) is 37.4 Å². The molecule has 0 aromatic heterocycles. The predicted molar refractivity (Wildman–Crippen MR) is 153 cm³/mol. The lowest BCUT2D eigenvalue weighted by Gasteiger charge is -2.34. The molecule has 1 atom stereocenters. The fraction of sp³-hybridized carbons (Fsp3) is 0.400. The van der Waals surface area contributed by atoms with Crippen LogP contribution in [0.25, 0.3) is 0 Å². The first-order valence-corrected chi connectivity index (χ1v) is 12.6. The number of ether oxygens (including phenoxy) is 2. The van der Waals surface area contributed by atoms with E-state index in [0.29, 0.717) is 13.2 Å². The van der Waals surface area contributed by atoms with Gasteiger partial charge in [-0.3, -0.25) is 4.90 Å². The predicted octanol–water partition coefficient (Wildman–Crippen LogP) is 6.32. The first-order chi connectivity index (χ1) is 16.8. The van der Waals surface area contributed by atoms with Crippen LogP contribution in [0.15, 0.2) is 84.9 Å². The van der Waals surface area contributed by atoms with E-state index in [0.717, 1.165) is 50.3 Å². The molecule has 1 aliphatic rings. The van der Waals surface area contributed by atoms with E-state index in [9.17, 15) is 0 Å². The zero-order valence-electron chi connectivity index (χ0n) is 21.3. The Kier molecular flexibility index (Phi) is 14.1. The number of halogens is 2. The van der Waals surface area contributed by atoms with Crippen molar-refractivity contribution in [2.75, 3.05) is 45.9 Å². The maximum absolute atomic E-state index is 6.22. The monoisotopic (exact) mass is 530 g/mol. The van der Waals surface area contributed by atoms with Gasteiger partial charge in [0.05, 0.1) is 13.2 Å². The second kappa shape index (κ2) is 16.8. The summed E-state index contributed by atoms with van der Waals surface area (Å²) in [6.07, 6.45) is 2.05. The van der Waals surface area contributed by atoms with Crippen LogP contribution in [0, 0.1) is 6.92 Å². The molecule has 6 heteroatoms. The van der Waals surface area contributed by atoms with Crippen LogP contribution in [-0.2, 0) is 22.5 Å². The van der Waals surface area contributed by atoms with Crippen molar-refractivity contribution in [3.63, 3.8) is 0 Å². The SMILES string of the molecule is Cc1ccc(CCCN2CCN(CCOC(OCc3ccccc3)c3ccccc3)CC2)cc1.Cl.Cl. The zero-order chi connectivity index (χ0) is 23.4. The molecule has 0 aliphatic carbocycles. The lowest BCUT2D eigenvalue weighted by atomic mass is 10.1. The standard InChI is InChI=1S/C30H38N2O2.2ClH/c1-26-14-16-27(17-15-26)11-8-18-31-19-21-32(22-20-31)23-24-33-30(29-12-6-3-7-13-29)34-25-28-9-4-2-5-10-28;;/h2-7,9-10,12-17,30H,8,11,18-25H2,1H3;2*1H. The van der Waals surface area contributed by atoms with Crippen LogP contribution in [0.5, 0.6) is 0 Å². The topological polar surface area (TPSA) is 24.9 Å². The fourth-order valence-corrected chi connectivity index (χ4v) is 4.38. The van der Waals surface area contributed by atoms with Crippen molar-refractivity contribution in [3.05, 3.63) is 107 Å². The molecule has 0 spiro atoms. The largest absolute Gasteiger partial charge is 0.347 e. The van der Waals surface area contributed by atoms with E-state index in [4.69, 9.17) is 9.47 Å². The number of nitrogens with zero attached hydrogens (tertiary/aromatic N) is 2. The Hall–Kier alpha value is -1.92. The van der Waals surface area contributed by atoms with Gasteiger partial charge in [0, 0.05) is 38.3 Å². The zero-order valence-corrected chi connectivity index (χ0v) is 22.9. The second-order valence-electron chi connectivity index (χ2n) is 9.18. The minimum atomic E-state index is -0.343. The van der Waals surface area contributed by atoms with Gasteiger partial charge in [-0.15, -0.1) is 24.8 Å². The molecule has 1 heterocycles. The first-order valence-electron chi connectivity index (χ1n) is 12.6. The second-order valence-corrected chi connectivity index (χ2v) is 9.18. The molecule has 196 valence electrons. The van der Waals surface area contributed by atoms with Crippen molar-refractivity contribution < 1.29 is 9.47 Å². The third kappa shape index (κ3) is 10.2. The highest BCUT2D eigenvalue weighted by Crippen LogP contribution is 2.21. The Labute approximate surface area is 229 Å². The van der Waals surface area contributed by atoms with Gasteiger partial charge in [-0.2, -0.15) is 0 Å². The smallest absolute Gasteiger partial charge is 0.184 e. The van der Waals surface area contributed by atoms with Crippen LogP contribution in [0.3, 0.4) is 0 Å². The molecule has 0 saturated carbocycles. The highest BCUT2D eigenvalue weighted by Gasteiger charge is 2.18. The minimum absolute atomic E-state index is 0. The summed E-state index contributed by atoms with van der Waals surface area (Å²) in [5, 5.41) is 0. The van der Waals surface area contributed by atoms with E-state index < -0.39 is 0 Å². The quantitative estimate of drug-likeness (QED) is 0.256. The maximum atomic E-state index is 6.22. The van der Waals surface area contributed by atoms with Crippen LogP contribution in [-0.4, -0.2) is 55.7 Å². The van der Waals surface area contributed by atoms with Crippen LogP contribution >= 0.6 is 24.8 Å². The molecular weight excluding hydrogens is 491 g/mol. The number of aryl methyl sites for hydroxylation is 2. The first kappa shape index (κ1) is 30.3. The molecule has 1 unspecified atom stereocenters. The van der Waals surface area contributed by atoms with Gasteiger partial charge in [0.15, 0.2) is 6.29 Å². The molecule has 4 nitrogen and oxygen atoms in total. The molecule has 4 rings (SSSR count). The minimum Gasteiger partial charge on any atom is -0.347 e. The molecule has 1 fully saturated rings. The van der Waals surface area contributed by atoms with E-state index in [-0.39, 0.29) is 31.1 Å². The van der Waals surface area contributed by atoms with E-state index in [1.54, 1.807) is 0 Å². The highest BCUT2D eigenvalue weighted by atomic mass is 35.5. The maximum Gasteiger partial charge on any atom is 0.184 e. The molecule has 1 aliphatic heterocycles. The number of benzene rings is 3. The lowest BCUT2D eigenvalue weighted by Crippen LogP contribution is -2.47. The average molecular weight is 532 g/mol. The fourth-order valence-electron chi connectivity index (χ4n) is 4.38. The normalized spacial score (nSPS) is 15.0. The van der Waals surface area contributed by atoms with Gasteiger partial charge in [-0.25, -0.2) is 0 Å². The third-order valence-corrected chi connectivity index (χ3v) is 6.52. The molecule has 0 amide bonds. The molecule has 3 aromatic carbocycles. The summed E-state index contributed by atoms with van der Waals surface area (Å²) in [4.78, 5) is 5.11. The Morgan fingerprint density at radius 3 is 1.89 bits per heavy atom. The average Bonchev–Trinajstić information content (AvgIpc) is 2.89. The van der Waals surface area contributed by atoms with Crippen LogP contribution in [0.2, 0.25) is 0 Å². The van der Waals surface area contributed by atoms with Crippen molar-refractivity contribution >= 4 is 24.8 Å². The summed E-state index contributed by atoms with van der Waals surface area (Å²) >= 11 is 0. The van der Waals surface area contributed by atoms with Gasteiger partial charge >= 0.3 is 0 Å². The van der Waals surface area contributed by atoms with Crippen molar-refractivity contribution in [2.45, 2.75) is 32.7 Å². The molecule has 0 radical (unpaired) electrons. The van der Waals surface area contributed by atoms with Crippen molar-refractivity contribution in [1.29, 1.82) is 0 Å². The number of piperazine rings is 1.